The summed E-state index contributed by atoms with van der Waals surface area (Å²) in [4.78, 5) is 33.2. The van der Waals surface area contributed by atoms with E-state index in [1.807, 2.05) is 0 Å². The van der Waals surface area contributed by atoms with Crippen LogP contribution < -0.4 is 15.0 Å². The average Bonchev–Trinajstić information content (AvgIpc) is 2.51. The van der Waals surface area contributed by atoms with Gasteiger partial charge in [-0.15, -0.1) is 0 Å². The fourth-order valence-electron chi connectivity index (χ4n) is 2.15. The number of carboxylic acid groups (broad SMARTS) is 1. The van der Waals surface area contributed by atoms with Crippen LogP contribution in [0.2, 0.25) is 0 Å². The van der Waals surface area contributed by atoms with Crippen molar-refractivity contribution in [2.75, 3.05) is 14.2 Å². The number of pyridine rings is 1. The van der Waals surface area contributed by atoms with Gasteiger partial charge in [0.2, 0.25) is 5.82 Å². The van der Waals surface area contributed by atoms with E-state index in [2.05, 4.69) is 15.0 Å². The number of aromatic nitrogens is 3. The van der Waals surface area contributed by atoms with Gasteiger partial charge >= 0.3 is 5.97 Å². The molecule has 8 heteroatoms. The molecule has 0 radical (unpaired) electrons. The molecule has 8 nitrogen and oxygen atoms in total. The first-order valence-electron chi connectivity index (χ1n) is 6.23. The van der Waals surface area contributed by atoms with Crippen molar-refractivity contribution in [1.29, 1.82) is 0 Å². The monoisotopic (exact) mass is 301 g/mol. The predicted octanol–water partition coefficient (Wildman–Crippen LogP) is 1.19. The van der Waals surface area contributed by atoms with Gasteiger partial charge in [0.15, 0.2) is 17.1 Å². The molecular weight excluding hydrogens is 290 g/mol. The highest BCUT2D eigenvalue weighted by Gasteiger charge is 2.13. The fourth-order valence-corrected chi connectivity index (χ4v) is 2.15. The molecule has 0 saturated carbocycles. The van der Waals surface area contributed by atoms with Crippen LogP contribution in [0.3, 0.4) is 0 Å². The van der Waals surface area contributed by atoms with E-state index in [1.165, 1.54) is 14.2 Å². The Morgan fingerprint density at radius 3 is 2.45 bits per heavy atom. The maximum Gasteiger partial charge on any atom is 0.372 e. The third kappa shape index (κ3) is 2.10. The van der Waals surface area contributed by atoms with Crippen molar-refractivity contribution in [2.24, 2.45) is 0 Å². The lowest BCUT2D eigenvalue weighted by atomic mass is 10.1. The number of nitrogens with one attached hydrogen (secondary N) is 1. The molecule has 0 aliphatic heterocycles. The molecule has 2 heterocycles. The number of fused-ring (bicyclic) bond motifs is 2. The molecule has 2 aromatic heterocycles. The van der Waals surface area contributed by atoms with Gasteiger partial charge in [-0.1, -0.05) is 0 Å². The van der Waals surface area contributed by atoms with Crippen molar-refractivity contribution < 1.29 is 19.4 Å². The number of benzene rings is 1. The summed E-state index contributed by atoms with van der Waals surface area (Å²) in [7, 11) is 3.00. The summed E-state index contributed by atoms with van der Waals surface area (Å²) >= 11 is 0. The summed E-state index contributed by atoms with van der Waals surface area (Å²) in [5, 5.41) is 9.79. The SMILES string of the molecule is COc1cc2cc3c(=O)[nH]c(C(=O)O)nc3nc2cc1OC. The van der Waals surface area contributed by atoms with Crippen molar-refractivity contribution in [1.82, 2.24) is 15.0 Å². The summed E-state index contributed by atoms with van der Waals surface area (Å²) in [5.74, 6) is -0.800. The van der Waals surface area contributed by atoms with Crippen LogP contribution in [0.5, 0.6) is 11.5 Å². The smallest absolute Gasteiger partial charge is 0.372 e. The highest BCUT2D eigenvalue weighted by atomic mass is 16.5. The molecule has 0 unspecified atom stereocenters. The third-order valence-electron chi connectivity index (χ3n) is 3.20. The molecule has 112 valence electrons. The molecule has 0 spiro atoms. The quantitative estimate of drug-likeness (QED) is 0.698. The number of hydrogen-bond acceptors (Lipinski definition) is 6. The summed E-state index contributed by atoms with van der Waals surface area (Å²) < 4.78 is 10.4. The Kier molecular flexibility index (Phi) is 3.13. The summed E-state index contributed by atoms with van der Waals surface area (Å²) in [5.41, 5.74) is 0.00652. The molecule has 22 heavy (non-hydrogen) atoms. The van der Waals surface area contributed by atoms with Gasteiger partial charge in [-0.3, -0.25) is 4.79 Å². The van der Waals surface area contributed by atoms with Gasteiger partial charge in [0.1, 0.15) is 0 Å². The van der Waals surface area contributed by atoms with Crippen LogP contribution in [0.4, 0.5) is 0 Å². The normalized spacial score (nSPS) is 10.8. The van der Waals surface area contributed by atoms with Crippen molar-refractivity contribution in [3.05, 3.63) is 34.4 Å². The van der Waals surface area contributed by atoms with Crippen LogP contribution in [-0.4, -0.2) is 40.2 Å². The maximum atomic E-state index is 12.0. The average molecular weight is 301 g/mol. The van der Waals surface area contributed by atoms with Gasteiger partial charge in [-0.25, -0.2) is 14.8 Å². The minimum atomic E-state index is -1.33. The number of aromatic carboxylic acids is 1. The molecule has 0 fully saturated rings. The van der Waals surface area contributed by atoms with Crippen molar-refractivity contribution in [2.45, 2.75) is 0 Å². The van der Waals surface area contributed by atoms with Crippen molar-refractivity contribution in [3.8, 4) is 11.5 Å². The van der Waals surface area contributed by atoms with E-state index >= 15 is 0 Å². The van der Waals surface area contributed by atoms with Crippen LogP contribution in [0.25, 0.3) is 21.9 Å². The zero-order chi connectivity index (χ0) is 15.9. The highest BCUT2D eigenvalue weighted by molar-refractivity contribution is 5.93. The first kappa shape index (κ1) is 13.8. The minimum Gasteiger partial charge on any atom is -0.493 e. The number of carbonyl (C=O) groups is 1. The third-order valence-corrected chi connectivity index (χ3v) is 3.20. The maximum absolute atomic E-state index is 12.0. The molecule has 0 saturated heterocycles. The molecule has 0 amide bonds. The van der Waals surface area contributed by atoms with Crippen LogP contribution in [0, 0.1) is 0 Å². The topological polar surface area (TPSA) is 114 Å². The van der Waals surface area contributed by atoms with E-state index in [0.29, 0.717) is 22.4 Å². The van der Waals surface area contributed by atoms with Gasteiger partial charge in [-0.2, -0.15) is 0 Å². The molecule has 0 atom stereocenters. The Bertz CT molecular complexity index is 964. The summed E-state index contributed by atoms with van der Waals surface area (Å²) in [6, 6.07) is 4.90. The second-order valence-electron chi connectivity index (χ2n) is 4.48. The van der Waals surface area contributed by atoms with E-state index in [-0.39, 0.29) is 11.0 Å². The number of aromatic amines is 1. The van der Waals surface area contributed by atoms with Gasteiger partial charge < -0.3 is 19.6 Å². The zero-order valence-corrected chi connectivity index (χ0v) is 11.7. The molecule has 0 aliphatic carbocycles. The standard InChI is InChI=1S/C14H11N3O5/c1-21-9-4-6-3-7-11(15-8(6)5-10(9)22-2)16-12(14(19)20)17-13(7)18/h3-5H,1-2H3,(H,19,20)(H,15,16,17,18). The van der Waals surface area contributed by atoms with Crippen LogP contribution >= 0.6 is 0 Å². The number of H-pyrrole nitrogens is 1. The van der Waals surface area contributed by atoms with Crippen LogP contribution in [-0.2, 0) is 0 Å². The van der Waals surface area contributed by atoms with Crippen molar-refractivity contribution in [3.63, 3.8) is 0 Å². The molecule has 2 N–H and O–H groups in total. The molecular formula is C14H11N3O5. The highest BCUT2D eigenvalue weighted by Crippen LogP contribution is 2.32. The molecule has 0 aliphatic rings. The molecule has 3 aromatic rings. The number of carboxylic acids is 1. The Morgan fingerprint density at radius 1 is 1.14 bits per heavy atom. The second kappa shape index (κ2) is 4.99. The van der Waals surface area contributed by atoms with Gasteiger partial charge in [-0.05, 0) is 12.1 Å². The molecule has 0 bridgehead atoms. The Hall–Kier alpha value is -3.16. The summed E-state index contributed by atoms with van der Waals surface area (Å²) in [6.45, 7) is 0. The van der Waals surface area contributed by atoms with Crippen molar-refractivity contribution >= 4 is 27.9 Å². The Morgan fingerprint density at radius 2 is 1.82 bits per heavy atom. The van der Waals surface area contributed by atoms with E-state index in [9.17, 15) is 9.59 Å². The van der Waals surface area contributed by atoms with Gasteiger partial charge in [0.25, 0.3) is 5.56 Å². The first-order valence-corrected chi connectivity index (χ1v) is 6.23. The lowest BCUT2D eigenvalue weighted by Gasteiger charge is -2.09. The van der Waals surface area contributed by atoms with Gasteiger partial charge in [0, 0.05) is 11.5 Å². The zero-order valence-electron chi connectivity index (χ0n) is 11.7. The largest absolute Gasteiger partial charge is 0.493 e. The number of methoxy groups -OCH3 is 2. The number of hydrogen-bond donors (Lipinski definition) is 2. The fraction of sp³-hybridized carbons (Fsp3) is 0.143. The van der Waals surface area contributed by atoms with Crippen LogP contribution in [0.15, 0.2) is 23.0 Å². The molecule has 1 aromatic carbocycles. The lowest BCUT2D eigenvalue weighted by Crippen LogP contribution is -2.16. The lowest BCUT2D eigenvalue weighted by molar-refractivity contribution is 0.0683. The van der Waals surface area contributed by atoms with Crippen LogP contribution in [0.1, 0.15) is 10.6 Å². The first-order chi connectivity index (χ1) is 10.5. The van der Waals surface area contributed by atoms with E-state index < -0.39 is 17.4 Å². The van der Waals surface area contributed by atoms with E-state index in [0.717, 1.165) is 0 Å². The van der Waals surface area contributed by atoms with E-state index in [4.69, 9.17) is 14.6 Å². The number of ether oxygens (including phenoxy) is 2. The minimum absolute atomic E-state index is 0.0564. The van der Waals surface area contributed by atoms with E-state index in [1.54, 1.807) is 18.2 Å². The Labute approximate surface area is 123 Å². The predicted molar refractivity (Wildman–Crippen MR) is 77.7 cm³/mol. The molecule has 3 rings (SSSR count). The number of nitrogens with zero attached hydrogens (tertiary/aromatic N) is 2. The number of rotatable bonds is 3. The van der Waals surface area contributed by atoms with Gasteiger partial charge in [0.05, 0.1) is 25.1 Å². The Balaban J connectivity index is 2.38. The second-order valence-corrected chi connectivity index (χ2v) is 4.48. The summed E-state index contributed by atoms with van der Waals surface area (Å²) in [6.07, 6.45) is 0.